The number of primary amides is 1. The maximum absolute atomic E-state index is 11.1. The summed E-state index contributed by atoms with van der Waals surface area (Å²) < 4.78 is 2.02. The molecule has 1 aliphatic carbocycles. The van der Waals surface area contributed by atoms with E-state index >= 15 is 0 Å². The van der Waals surface area contributed by atoms with Crippen LogP contribution in [0, 0.1) is 5.92 Å². The lowest BCUT2D eigenvalue weighted by molar-refractivity contribution is -0.117. The lowest BCUT2D eigenvalue weighted by atomic mass is 9.80. The molecule has 1 amide bonds. The highest BCUT2D eigenvalue weighted by Gasteiger charge is 2.28. The Morgan fingerprint density at radius 2 is 2.28 bits per heavy atom. The van der Waals surface area contributed by atoms with Crippen LogP contribution in [0.5, 0.6) is 0 Å². The predicted molar refractivity (Wildman–Crippen MR) is 69.0 cm³/mol. The average Bonchev–Trinajstić information content (AvgIpc) is 2.59. The lowest BCUT2D eigenvalue weighted by Gasteiger charge is -2.32. The van der Waals surface area contributed by atoms with Gasteiger partial charge in [0.05, 0.1) is 23.9 Å². The fourth-order valence-electron chi connectivity index (χ4n) is 2.59. The zero-order valence-corrected chi connectivity index (χ0v) is 11.2. The van der Waals surface area contributed by atoms with Crippen molar-refractivity contribution in [3.05, 3.63) is 11.4 Å². The van der Waals surface area contributed by atoms with Crippen molar-refractivity contribution in [3.63, 3.8) is 0 Å². The summed E-state index contributed by atoms with van der Waals surface area (Å²) in [5.74, 6) is 0.374. The highest BCUT2D eigenvalue weighted by atomic mass is 16.1. The Balaban J connectivity index is 2.22. The quantitative estimate of drug-likeness (QED) is 0.833. The minimum atomic E-state index is -0.337. The molecule has 1 saturated carbocycles. The van der Waals surface area contributed by atoms with Gasteiger partial charge < -0.3 is 5.73 Å². The topological polar surface area (TPSA) is 73.8 Å². The second-order valence-corrected chi connectivity index (χ2v) is 5.25. The van der Waals surface area contributed by atoms with Crippen LogP contribution in [0.15, 0.2) is 0 Å². The number of rotatable bonds is 6. The van der Waals surface area contributed by atoms with E-state index in [1.54, 1.807) is 0 Å². The van der Waals surface area contributed by atoms with Crippen LogP contribution in [0.1, 0.15) is 57.0 Å². The minimum absolute atomic E-state index is 0.201. The Hall–Kier alpha value is -1.39. The number of hydrogen-bond acceptors (Lipinski definition) is 3. The molecule has 0 aromatic carbocycles. The van der Waals surface area contributed by atoms with Gasteiger partial charge in [-0.3, -0.25) is 4.79 Å². The zero-order chi connectivity index (χ0) is 13.1. The fraction of sp³-hybridized carbons (Fsp3) is 0.769. The summed E-state index contributed by atoms with van der Waals surface area (Å²) in [5.41, 5.74) is 7.11. The molecule has 1 atom stereocenters. The second kappa shape index (κ2) is 5.50. The van der Waals surface area contributed by atoms with E-state index in [1.165, 1.54) is 19.3 Å². The van der Waals surface area contributed by atoms with Gasteiger partial charge in [0.1, 0.15) is 0 Å². The van der Waals surface area contributed by atoms with Crippen LogP contribution >= 0.6 is 0 Å². The van der Waals surface area contributed by atoms with Gasteiger partial charge in [0, 0.05) is 0 Å². The highest BCUT2D eigenvalue weighted by Crippen LogP contribution is 2.36. The smallest absolute Gasteiger partial charge is 0.223 e. The van der Waals surface area contributed by atoms with Gasteiger partial charge in [0.15, 0.2) is 0 Å². The third kappa shape index (κ3) is 2.54. The zero-order valence-electron chi connectivity index (χ0n) is 11.2. The molecular formula is C13H22N4O. The number of hydrogen-bond donors (Lipinski definition) is 1. The van der Waals surface area contributed by atoms with Crippen molar-refractivity contribution in [3.8, 4) is 0 Å². The van der Waals surface area contributed by atoms with Crippen molar-refractivity contribution >= 4 is 5.91 Å². The van der Waals surface area contributed by atoms with E-state index in [-0.39, 0.29) is 12.3 Å². The van der Waals surface area contributed by atoms with E-state index in [4.69, 9.17) is 5.73 Å². The molecule has 2 N–H and O–H groups in total. The summed E-state index contributed by atoms with van der Waals surface area (Å²) in [7, 11) is 0. The van der Waals surface area contributed by atoms with Crippen LogP contribution in [0.25, 0.3) is 0 Å². The van der Waals surface area contributed by atoms with E-state index in [1.807, 2.05) is 4.68 Å². The number of nitrogens with zero attached hydrogens (tertiary/aromatic N) is 3. The van der Waals surface area contributed by atoms with E-state index < -0.39 is 0 Å². The van der Waals surface area contributed by atoms with Crippen molar-refractivity contribution in [1.29, 1.82) is 0 Å². The standard InChI is InChI=1S/C13H22N4O/c1-3-5-12-11(8-13(14)18)15-16-17(12)9(2)10-6-4-7-10/h9-10H,3-8H2,1-2H3,(H2,14,18). The van der Waals surface area contributed by atoms with Crippen LogP contribution in [0.2, 0.25) is 0 Å². The van der Waals surface area contributed by atoms with E-state index in [2.05, 4.69) is 24.2 Å². The molecule has 5 heteroatoms. The van der Waals surface area contributed by atoms with Crippen LogP contribution in [0.4, 0.5) is 0 Å². The second-order valence-electron chi connectivity index (χ2n) is 5.25. The van der Waals surface area contributed by atoms with Crippen molar-refractivity contribution in [2.45, 2.75) is 58.4 Å². The lowest BCUT2D eigenvalue weighted by Crippen LogP contribution is -2.25. The molecule has 1 heterocycles. The molecule has 0 bridgehead atoms. The van der Waals surface area contributed by atoms with Gasteiger partial charge in [-0.05, 0) is 32.1 Å². The van der Waals surface area contributed by atoms with Gasteiger partial charge in [-0.25, -0.2) is 4.68 Å². The number of amides is 1. The number of nitrogens with two attached hydrogens (primary N) is 1. The van der Waals surface area contributed by atoms with Crippen LogP contribution in [-0.4, -0.2) is 20.9 Å². The maximum atomic E-state index is 11.1. The SMILES string of the molecule is CCCc1c(CC(N)=O)nnn1C(C)C1CCC1. The molecule has 0 spiro atoms. The van der Waals surface area contributed by atoms with E-state index in [0.29, 0.717) is 12.0 Å². The van der Waals surface area contributed by atoms with E-state index in [9.17, 15) is 4.79 Å². The molecule has 1 unspecified atom stereocenters. The first-order valence-electron chi connectivity index (χ1n) is 6.84. The third-order valence-corrected chi connectivity index (χ3v) is 3.92. The molecule has 1 aromatic heterocycles. The van der Waals surface area contributed by atoms with Crippen molar-refractivity contribution in [2.75, 3.05) is 0 Å². The number of aromatic nitrogens is 3. The minimum Gasteiger partial charge on any atom is -0.369 e. The molecule has 0 saturated heterocycles. The molecular weight excluding hydrogens is 228 g/mol. The van der Waals surface area contributed by atoms with E-state index in [0.717, 1.165) is 24.2 Å². The largest absolute Gasteiger partial charge is 0.369 e. The third-order valence-electron chi connectivity index (χ3n) is 3.92. The summed E-state index contributed by atoms with van der Waals surface area (Å²) in [6.45, 7) is 4.32. The number of carbonyl (C=O) groups excluding carboxylic acids is 1. The van der Waals surface area contributed by atoms with Gasteiger partial charge >= 0.3 is 0 Å². The van der Waals surface area contributed by atoms with Gasteiger partial charge in [-0.1, -0.05) is 25.0 Å². The molecule has 1 aromatic rings. The molecule has 0 aliphatic heterocycles. The summed E-state index contributed by atoms with van der Waals surface area (Å²) in [6.07, 6.45) is 6.01. The van der Waals surface area contributed by atoms with Crippen molar-refractivity contribution in [1.82, 2.24) is 15.0 Å². The average molecular weight is 250 g/mol. The van der Waals surface area contributed by atoms with Gasteiger partial charge in [-0.2, -0.15) is 0 Å². The monoisotopic (exact) mass is 250 g/mol. The molecule has 2 rings (SSSR count). The van der Waals surface area contributed by atoms with Gasteiger partial charge in [0.2, 0.25) is 5.91 Å². The molecule has 1 fully saturated rings. The Morgan fingerprint density at radius 1 is 1.56 bits per heavy atom. The number of carbonyl (C=O) groups is 1. The predicted octanol–water partition coefficient (Wildman–Crippen LogP) is 1.62. The summed E-state index contributed by atoms with van der Waals surface area (Å²) in [4.78, 5) is 11.1. The Bertz CT molecular complexity index is 423. The van der Waals surface area contributed by atoms with Crippen molar-refractivity contribution in [2.24, 2.45) is 11.7 Å². The fourth-order valence-corrected chi connectivity index (χ4v) is 2.59. The Labute approximate surface area is 108 Å². The van der Waals surface area contributed by atoms with Crippen LogP contribution < -0.4 is 5.73 Å². The highest BCUT2D eigenvalue weighted by molar-refractivity contribution is 5.76. The van der Waals surface area contributed by atoms with Crippen LogP contribution in [0.3, 0.4) is 0 Å². The maximum Gasteiger partial charge on any atom is 0.223 e. The molecule has 5 nitrogen and oxygen atoms in total. The van der Waals surface area contributed by atoms with Crippen LogP contribution in [-0.2, 0) is 17.6 Å². The first-order chi connectivity index (χ1) is 8.63. The van der Waals surface area contributed by atoms with Gasteiger partial charge in [0.25, 0.3) is 0 Å². The molecule has 0 radical (unpaired) electrons. The van der Waals surface area contributed by atoms with Gasteiger partial charge in [-0.15, -0.1) is 5.10 Å². The van der Waals surface area contributed by atoms with Crippen molar-refractivity contribution < 1.29 is 4.79 Å². The summed E-state index contributed by atoms with van der Waals surface area (Å²) in [6, 6.07) is 0.384. The first kappa shape index (κ1) is 13.1. The summed E-state index contributed by atoms with van der Waals surface area (Å²) in [5, 5.41) is 8.40. The Kier molecular flexibility index (Phi) is 3.99. The summed E-state index contributed by atoms with van der Waals surface area (Å²) >= 11 is 0. The Morgan fingerprint density at radius 3 is 2.78 bits per heavy atom. The molecule has 1 aliphatic rings. The first-order valence-corrected chi connectivity index (χ1v) is 6.84. The molecule has 100 valence electrons. The molecule has 18 heavy (non-hydrogen) atoms. The normalized spacial score (nSPS) is 17.4.